The molecule has 1 aliphatic heterocycles. The van der Waals surface area contributed by atoms with Gasteiger partial charge in [-0.25, -0.2) is 0 Å². The van der Waals surface area contributed by atoms with Crippen LogP contribution < -0.4 is 0 Å². The first-order valence-electron chi connectivity index (χ1n) is 8.81. The van der Waals surface area contributed by atoms with E-state index in [0.29, 0.717) is 24.4 Å². The number of carbonyl (C=O) groups excluding carboxylic acids is 1. The summed E-state index contributed by atoms with van der Waals surface area (Å²) in [6.45, 7) is 8.96. The SMILES string of the molecule is Cc1ccc(-c2oncc2C(=O)N2CCC[C@H](C(C)(C)O)C2)cc1C. The average molecular weight is 342 g/mol. The van der Waals surface area contributed by atoms with Gasteiger partial charge in [-0.1, -0.05) is 17.3 Å². The van der Waals surface area contributed by atoms with Crippen molar-refractivity contribution in [2.24, 2.45) is 5.92 Å². The lowest BCUT2D eigenvalue weighted by atomic mass is 9.84. The zero-order chi connectivity index (χ0) is 18.2. The number of hydrogen-bond donors (Lipinski definition) is 1. The molecule has 1 aromatic carbocycles. The molecule has 1 N–H and O–H groups in total. The second-order valence-electron chi connectivity index (χ2n) is 7.61. The Morgan fingerprint density at radius 2 is 2.08 bits per heavy atom. The van der Waals surface area contributed by atoms with Crippen molar-refractivity contribution in [2.75, 3.05) is 13.1 Å². The second kappa shape index (κ2) is 6.64. The number of rotatable bonds is 3. The van der Waals surface area contributed by atoms with E-state index in [1.54, 1.807) is 0 Å². The van der Waals surface area contributed by atoms with Gasteiger partial charge in [-0.2, -0.15) is 0 Å². The van der Waals surface area contributed by atoms with Gasteiger partial charge in [-0.05, 0) is 57.7 Å². The summed E-state index contributed by atoms with van der Waals surface area (Å²) in [5.74, 6) is 0.511. The van der Waals surface area contributed by atoms with E-state index in [4.69, 9.17) is 4.52 Å². The van der Waals surface area contributed by atoms with Crippen LogP contribution in [-0.2, 0) is 0 Å². The Hall–Kier alpha value is -2.14. The third-order valence-corrected chi connectivity index (χ3v) is 5.28. The van der Waals surface area contributed by atoms with Crippen LogP contribution in [0, 0.1) is 19.8 Å². The molecule has 2 aromatic rings. The molecular weight excluding hydrogens is 316 g/mol. The lowest BCUT2D eigenvalue weighted by Crippen LogP contribution is -2.46. The van der Waals surface area contributed by atoms with Crippen LogP contribution in [0.25, 0.3) is 11.3 Å². The molecule has 2 heterocycles. The fourth-order valence-corrected chi connectivity index (χ4v) is 3.39. The molecule has 0 bridgehead atoms. The normalized spacial score (nSPS) is 18.4. The molecule has 0 radical (unpaired) electrons. The van der Waals surface area contributed by atoms with E-state index in [-0.39, 0.29) is 11.8 Å². The highest BCUT2D eigenvalue weighted by Crippen LogP contribution is 2.30. The molecular formula is C20H26N2O3. The summed E-state index contributed by atoms with van der Waals surface area (Å²) < 4.78 is 5.40. The van der Waals surface area contributed by atoms with Gasteiger partial charge in [0, 0.05) is 24.6 Å². The molecule has 5 nitrogen and oxygen atoms in total. The molecule has 1 aromatic heterocycles. The van der Waals surface area contributed by atoms with Crippen molar-refractivity contribution in [1.29, 1.82) is 0 Å². The molecule has 25 heavy (non-hydrogen) atoms. The van der Waals surface area contributed by atoms with Gasteiger partial charge in [0.1, 0.15) is 5.56 Å². The molecule has 1 atom stereocenters. The van der Waals surface area contributed by atoms with Crippen LogP contribution in [-0.4, -0.2) is 39.8 Å². The minimum absolute atomic E-state index is 0.0788. The van der Waals surface area contributed by atoms with Crippen LogP contribution in [0.2, 0.25) is 0 Å². The van der Waals surface area contributed by atoms with Crippen LogP contribution in [0.15, 0.2) is 28.9 Å². The molecule has 0 saturated carbocycles. The molecule has 1 fully saturated rings. The maximum Gasteiger partial charge on any atom is 0.259 e. The first-order chi connectivity index (χ1) is 11.8. The summed E-state index contributed by atoms with van der Waals surface area (Å²) >= 11 is 0. The molecule has 1 amide bonds. The van der Waals surface area contributed by atoms with E-state index in [1.807, 2.05) is 43.9 Å². The van der Waals surface area contributed by atoms with Gasteiger partial charge in [0.15, 0.2) is 5.76 Å². The lowest BCUT2D eigenvalue weighted by Gasteiger charge is -2.38. The van der Waals surface area contributed by atoms with Gasteiger partial charge in [-0.15, -0.1) is 0 Å². The molecule has 5 heteroatoms. The number of nitrogens with zero attached hydrogens (tertiary/aromatic N) is 2. The van der Waals surface area contributed by atoms with Gasteiger partial charge in [0.05, 0.1) is 11.8 Å². The third kappa shape index (κ3) is 3.61. The topological polar surface area (TPSA) is 66.6 Å². The van der Waals surface area contributed by atoms with E-state index >= 15 is 0 Å². The maximum atomic E-state index is 13.0. The molecule has 134 valence electrons. The fraction of sp³-hybridized carbons (Fsp3) is 0.500. The first-order valence-corrected chi connectivity index (χ1v) is 8.81. The van der Waals surface area contributed by atoms with Gasteiger partial charge < -0.3 is 14.5 Å². The van der Waals surface area contributed by atoms with Crippen molar-refractivity contribution < 1.29 is 14.4 Å². The predicted octanol–water partition coefficient (Wildman–Crippen LogP) is 3.58. The predicted molar refractivity (Wildman–Crippen MR) is 96.3 cm³/mol. The quantitative estimate of drug-likeness (QED) is 0.926. The van der Waals surface area contributed by atoms with Crippen LogP contribution in [0.3, 0.4) is 0 Å². The van der Waals surface area contributed by atoms with Gasteiger partial charge in [-0.3, -0.25) is 4.79 Å². The Morgan fingerprint density at radius 3 is 2.76 bits per heavy atom. The Balaban J connectivity index is 1.86. The van der Waals surface area contributed by atoms with Gasteiger partial charge >= 0.3 is 0 Å². The number of benzene rings is 1. The first kappa shape index (κ1) is 17.7. The largest absolute Gasteiger partial charge is 0.390 e. The van der Waals surface area contributed by atoms with Crippen molar-refractivity contribution in [2.45, 2.75) is 46.1 Å². The zero-order valence-electron chi connectivity index (χ0n) is 15.4. The van der Waals surface area contributed by atoms with Crippen molar-refractivity contribution in [3.63, 3.8) is 0 Å². The van der Waals surface area contributed by atoms with E-state index < -0.39 is 5.60 Å². The number of carbonyl (C=O) groups is 1. The van der Waals surface area contributed by atoms with Gasteiger partial charge in [0.25, 0.3) is 5.91 Å². The summed E-state index contributed by atoms with van der Waals surface area (Å²) in [6, 6.07) is 5.99. The highest BCUT2D eigenvalue weighted by Gasteiger charge is 2.34. The number of likely N-dealkylation sites (tertiary alicyclic amines) is 1. The molecule has 1 saturated heterocycles. The fourth-order valence-electron chi connectivity index (χ4n) is 3.39. The summed E-state index contributed by atoms with van der Waals surface area (Å²) in [5.41, 5.74) is 2.90. The standard InChI is InChI=1S/C20H26N2O3/c1-13-7-8-15(10-14(13)2)18-17(11-21-25-18)19(23)22-9-5-6-16(12-22)20(3,4)24/h7-8,10-11,16,24H,5-6,9,12H2,1-4H3/t16-/m0/s1. The Morgan fingerprint density at radius 1 is 1.32 bits per heavy atom. The number of aliphatic hydroxyl groups is 1. The third-order valence-electron chi connectivity index (χ3n) is 5.28. The molecule has 3 rings (SSSR count). The summed E-state index contributed by atoms with van der Waals surface area (Å²) in [7, 11) is 0. The van der Waals surface area contributed by atoms with E-state index in [2.05, 4.69) is 12.1 Å². The lowest BCUT2D eigenvalue weighted by molar-refractivity contribution is -0.0146. The molecule has 0 spiro atoms. The Bertz CT molecular complexity index is 773. The highest BCUT2D eigenvalue weighted by molar-refractivity contribution is 5.99. The number of hydrogen-bond acceptors (Lipinski definition) is 4. The van der Waals surface area contributed by atoms with Crippen LogP contribution >= 0.6 is 0 Å². The van der Waals surface area contributed by atoms with E-state index in [1.165, 1.54) is 11.8 Å². The summed E-state index contributed by atoms with van der Waals surface area (Å²) in [6.07, 6.45) is 3.33. The van der Waals surface area contributed by atoms with Crippen molar-refractivity contribution in [1.82, 2.24) is 10.1 Å². The number of aromatic nitrogens is 1. The molecule has 0 unspecified atom stereocenters. The van der Waals surface area contributed by atoms with Crippen molar-refractivity contribution >= 4 is 5.91 Å². The van der Waals surface area contributed by atoms with Gasteiger partial charge in [0.2, 0.25) is 0 Å². The van der Waals surface area contributed by atoms with E-state index in [0.717, 1.165) is 24.0 Å². The van der Waals surface area contributed by atoms with Crippen LogP contribution in [0.5, 0.6) is 0 Å². The average Bonchev–Trinajstić information content (AvgIpc) is 3.05. The van der Waals surface area contributed by atoms with Crippen molar-refractivity contribution in [3.05, 3.63) is 41.1 Å². The Labute approximate surface area is 148 Å². The summed E-state index contributed by atoms with van der Waals surface area (Å²) in [5, 5.41) is 14.2. The summed E-state index contributed by atoms with van der Waals surface area (Å²) in [4.78, 5) is 14.8. The minimum atomic E-state index is -0.787. The molecule has 1 aliphatic rings. The number of aryl methyl sites for hydroxylation is 2. The molecule has 0 aliphatic carbocycles. The number of amides is 1. The minimum Gasteiger partial charge on any atom is -0.390 e. The van der Waals surface area contributed by atoms with Crippen molar-refractivity contribution in [3.8, 4) is 11.3 Å². The number of piperidine rings is 1. The van der Waals surface area contributed by atoms with E-state index in [9.17, 15) is 9.90 Å². The zero-order valence-corrected chi connectivity index (χ0v) is 15.4. The van der Waals surface area contributed by atoms with Crippen LogP contribution in [0.4, 0.5) is 0 Å². The smallest absolute Gasteiger partial charge is 0.259 e. The Kier molecular flexibility index (Phi) is 4.69. The highest BCUT2D eigenvalue weighted by atomic mass is 16.5. The second-order valence-corrected chi connectivity index (χ2v) is 7.61. The maximum absolute atomic E-state index is 13.0. The monoisotopic (exact) mass is 342 g/mol. The van der Waals surface area contributed by atoms with Crippen LogP contribution in [0.1, 0.15) is 48.2 Å².